The summed E-state index contributed by atoms with van der Waals surface area (Å²) in [6.45, 7) is 3.46. The molecule has 5 heteroatoms. The molecule has 3 rings (SSSR count). The maximum atomic E-state index is 12.6. The van der Waals surface area contributed by atoms with Gasteiger partial charge in [-0.2, -0.15) is 0 Å². The molecule has 1 aromatic carbocycles. The van der Waals surface area contributed by atoms with Crippen LogP contribution in [0.2, 0.25) is 0 Å². The number of rotatable bonds is 2. The number of hydrogen-bond acceptors (Lipinski definition) is 3. The van der Waals surface area contributed by atoms with Gasteiger partial charge in [-0.15, -0.1) is 0 Å². The predicted molar refractivity (Wildman–Crippen MR) is 77.6 cm³/mol. The summed E-state index contributed by atoms with van der Waals surface area (Å²) in [7, 11) is 0. The number of nitrogens with one attached hydrogen (secondary N) is 1. The van der Waals surface area contributed by atoms with Gasteiger partial charge in [-0.25, -0.2) is 0 Å². The number of nitrogens with zero attached hydrogens (tertiary/aromatic N) is 1. The van der Waals surface area contributed by atoms with Crippen LogP contribution < -0.4 is 5.32 Å². The van der Waals surface area contributed by atoms with E-state index >= 15 is 0 Å². The average Bonchev–Trinajstić information content (AvgIpc) is 2.88. The van der Waals surface area contributed by atoms with Crippen molar-refractivity contribution in [2.75, 3.05) is 13.1 Å². The topological polar surface area (TPSA) is 69.6 Å². The molecule has 5 nitrogen and oxygen atoms in total. The summed E-state index contributed by atoms with van der Waals surface area (Å²) in [5.41, 5.74) is 2.44. The van der Waals surface area contributed by atoms with E-state index in [1.54, 1.807) is 4.90 Å². The minimum atomic E-state index is -0.806. The minimum absolute atomic E-state index is 0.0160. The molecular formula is C16H20N2O3. The smallest absolute Gasteiger partial charge is 0.308 e. The summed E-state index contributed by atoms with van der Waals surface area (Å²) < 4.78 is 0. The van der Waals surface area contributed by atoms with Gasteiger partial charge in [0.25, 0.3) is 0 Å². The summed E-state index contributed by atoms with van der Waals surface area (Å²) >= 11 is 0. The molecule has 1 fully saturated rings. The fourth-order valence-electron chi connectivity index (χ4n) is 3.32. The number of carbonyl (C=O) groups is 2. The van der Waals surface area contributed by atoms with Crippen molar-refractivity contribution in [3.63, 3.8) is 0 Å². The van der Waals surface area contributed by atoms with Gasteiger partial charge in [0.1, 0.15) is 0 Å². The fourth-order valence-corrected chi connectivity index (χ4v) is 3.32. The van der Waals surface area contributed by atoms with Gasteiger partial charge in [0, 0.05) is 19.6 Å². The van der Waals surface area contributed by atoms with Gasteiger partial charge in [0.05, 0.1) is 12.0 Å². The Bertz CT molecular complexity index is 572. The van der Waals surface area contributed by atoms with Crippen LogP contribution in [0.5, 0.6) is 0 Å². The molecule has 0 spiro atoms. The number of aliphatic carboxylic acids is 1. The van der Waals surface area contributed by atoms with Gasteiger partial charge in [-0.3, -0.25) is 9.59 Å². The van der Waals surface area contributed by atoms with E-state index in [9.17, 15) is 14.7 Å². The highest BCUT2D eigenvalue weighted by Gasteiger charge is 2.39. The number of carboxylic acids is 1. The summed E-state index contributed by atoms with van der Waals surface area (Å²) in [4.78, 5) is 25.5. The molecule has 0 saturated carbocycles. The Labute approximate surface area is 123 Å². The lowest BCUT2D eigenvalue weighted by atomic mass is 9.95. The molecule has 3 atom stereocenters. The number of likely N-dealkylation sites (tertiary alicyclic amines) is 1. The second-order valence-electron chi connectivity index (χ2n) is 6.07. The van der Waals surface area contributed by atoms with E-state index in [1.165, 1.54) is 11.1 Å². The maximum absolute atomic E-state index is 12.6. The van der Waals surface area contributed by atoms with Crippen molar-refractivity contribution in [1.82, 2.24) is 10.2 Å². The molecule has 1 saturated heterocycles. The highest BCUT2D eigenvalue weighted by atomic mass is 16.4. The Kier molecular flexibility index (Phi) is 3.68. The number of hydrogen-bond donors (Lipinski definition) is 2. The predicted octanol–water partition coefficient (Wildman–Crippen LogP) is 0.880. The van der Waals surface area contributed by atoms with E-state index < -0.39 is 11.9 Å². The summed E-state index contributed by atoms with van der Waals surface area (Å²) in [5, 5.41) is 12.4. The highest BCUT2D eigenvalue weighted by molar-refractivity contribution is 5.84. The van der Waals surface area contributed by atoms with Crippen LogP contribution in [0.4, 0.5) is 0 Å². The third-order valence-electron chi connectivity index (χ3n) is 4.62. The van der Waals surface area contributed by atoms with Crippen LogP contribution in [0, 0.1) is 11.8 Å². The molecule has 2 heterocycles. The van der Waals surface area contributed by atoms with Gasteiger partial charge in [-0.1, -0.05) is 31.2 Å². The molecule has 0 aliphatic carbocycles. The number of fused-ring (bicyclic) bond motifs is 1. The van der Waals surface area contributed by atoms with Crippen LogP contribution in [0.15, 0.2) is 24.3 Å². The van der Waals surface area contributed by atoms with Crippen molar-refractivity contribution in [3.8, 4) is 0 Å². The molecule has 0 bridgehead atoms. The molecule has 2 N–H and O–H groups in total. The van der Waals surface area contributed by atoms with E-state index in [0.29, 0.717) is 26.1 Å². The Hall–Kier alpha value is -1.88. The van der Waals surface area contributed by atoms with Gasteiger partial charge < -0.3 is 15.3 Å². The van der Waals surface area contributed by atoms with Gasteiger partial charge in [0.15, 0.2) is 0 Å². The number of carbonyl (C=O) groups excluding carboxylic acids is 1. The van der Waals surface area contributed by atoms with Crippen LogP contribution >= 0.6 is 0 Å². The second kappa shape index (κ2) is 5.48. The van der Waals surface area contributed by atoms with Crippen LogP contribution in [0.25, 0.3) is 0 Å². The van der Waals surface area contributed by atoms with Crippen LogP contribution in [-0.4, -0.2) is 41.0 Å². The SMILES string of the molecule is CC1CN(C(=O)C2Cc3ccccc3CN2)CC1C(=O)O. The first-order chi connectivity index (χ1) is 10.1. The summed E-state index contributed by atoms with van der Waals surface area (Å²) in [6, 6.07) is 7.89. The maximum Gasteiger partial charge on any atom is 0.308 e. The molecule has 0 radical (unpaired) electrons. The van der Waals surface area contributed by atoms with Crippen molar-refractivity contribution >= 4 is 11.9 Å². The van der Waals surface area contributed by atoms with E-state index in [4.69, 9.17) is 0 Å². The third-order valence-corrected chi connectivity index (χ3v) is 4.62. The Morgan fingerprint density at radius 2 is 1.95 bits per heavy atom. The first kappa shape index (κ1) is 14.1. The first-order valence-corrected chi connectivity index (χ1v) is 7.38. The first-order valence-electron chi connectivity index (χ1n) is 7.38. The van der Waals surface area contributed by atoms with Gasteiger partial charge >= 0.3 is 5.97 Å². The lowest BCUT2D eigenvalue weighted by molar-refractivity contribution is -0.142. The zero-order valence-electron chi connectivity index (χ0n) is 12.1. The summed E-state index contributed by atoms with van der Waals surface area (Å²) in [6.07, 6.45) is 0.678. The lowest BCUT2D eigenvalue weighted by Crippen LogP contribution is -2.49. The Balaban J connectivity index is 1.69. The second-order valence-corrected chi connectivity index (χ2v) is 6.07. The molecule has 1 amide bonds. The molecule has 2 aliphatic rings. The number of benzene rings is 1. The summed E-state index contributed by atoms with van der Waals surface area (Å²) in [5.74, 6) is -1.20. The van der Waals surface area contributed by atoms with Crippen molar-refractivity contribution in [2.45, 2.75) is 25.9 Å². The molecule has 1 aromatic rings. The average molecular weight is 288 g/mol. The normalized spacial score (nSPS) is 28.2. The Morgan fingerprint density at radius 1 is 1.24 bits per heavy atom. The largest absolute Gasteiger partial charge is 0.481 e. The molecular weight excluding hydrogens is 268 g/mol. The van der Waals surface area contributed by atoms with Crippen molar-refractivity contribution in [1.29, 1.82) is 0 Å². The van der Waals surface area contributed by atoms with Crippen LogP contribution in [-0.2, 0) is 22.6 Å². The highest BCUT2D eigenvalue weighted by Crippen LogP contribution is 2.25. The van der Waals surface area contributed by atoms with Crippen molar-refractivity contribution in [2.24, 2.45) is 11.8 Å². The fraction of sp³-hybridized carbons (Fsp3) is 0.500. The third kappa shape index (κ3) is 2.65. The molecule has 3 unspecified atom stereocenters. The standard InChI is InChI=1S/C16H20N2O3/c1-10-8-18(9-13(10)16(20)21)15(19)14-6-11-4-2-3-5-12(11)7-17-14/h2-5,10,13-14,17H,6-9H2,1H3,(H,20,21). The minimum Gasteiger partial charge on any atom is -0.481 e. The van der Waals surface area contributed by atoms with E-state index in [2.05, 4.69) is 17.4 Å². The molecule has 0 aromatic heterocycles. The number of amides is 1. The van der Waals surface area contributed by atoms with Crippen LogP contribution in [0.3, 0.4) is 0 Å². The van der Waals surface area contributed by atoms with E-state index in [1.807, 2.05) is 19.1 Å². The molecule has 2 aliphatic heterocycles. The van der Waals surface area contributed by atoms with Crippen LogP contribution in [0.1, 0.15) is 18.1 Å². The van der Waals surface area contributed by atoms with Crippen molar-refractivity contribution < 1.29 is 14.7 Å². The van der Waals surface area contributed by atoms with E-state index in [-0.39, 0.29) is 17.9 Å². The zero-order chi connectivity index (χ0) is 15.0. The zero-order valence-corrected chi connectivity index (χ0v) is 12.1. The van der Waals surface area contributed by atoms with Gasteiger partial charge in [-0.05, 0) is 23.5 Å². The number of carboxylic acid groups (broad SMARTS) is 1. The molecule has 112 valence electrons. The Morgan fingerprint density at radius 3 is 2.62 bits per heavy atom. The molecule has 21 heavy (non-hydrogen) atoms. The quantitative estimate of drug-likeness (QED) is 0.847. The van der Waals surface area contributed by atoms with Gasteiger partial charge in [0.2, 0.25) is 5.91 Å². The lowest BCUT2D eigenvalue weighted by Gasteiger charge is -2.29. The monoisotopic (exact) mass is 288 g/mol. The van der Waals surface area contributed by atoms with Crippen molar-refractivity contribution in [3.05, 3.63) is 35.4 Å². The van der Waals surface area contributed by atoms with E-state index in [0.717, 1.165) is 0 Å².